The van der Waals surface area contributed by atoms with E-state index in [1.54, 1.807) is 20.2 Å². The van der Waals surface area contributed by atoms with E-state index < -0.39 is 0 Å². The van der Waals surface area contributed by atoms with Crippen molar-refractivity contribution < 1.29 is 14.7 Å². The summed E-state index contributed by atoms with van der Waals surface area (Å²) >= 11 is 0. The van der Waals surface area contributed by atoms with Gasteiger partial charge in [-0.25, -0.2) is 0 Å². The fourth-order valence-electron chi connectivity index (χ4n) is 0. The molecule has 0 saturated heterocycles. The van der Waals surface area contributed by atoms with E-state index in [0.29, 0.717) is 0 Å². The first-order chi connectivity index (χ1) is 6.42. The summed E-state index contributed by atoms with van der Waals surface area (Å²) < 4.78 is 0. The van der Waals surface area contributed by atoms with Crippen LogP contribution in [0.1, 0.15) is 20.8 Å². The van der Waals surface area contributed by atoms with Crippen molar-refractivity contribution in [2.45, 2.75) is 20.8 Å². The topological polar surface area (TPSA) is 81.4 Å². The molecule has 0 heterocycles. The minimum atomic E-state index is 0.167. The minimum Gasteiger partial charge on any atom is -0.400 e. The Hall–Kier alpha value is -1.41. The minimum absolute atomic E-state index is 0.167. The molecule has 0 bridgehead atoms. The second kappa shape index (κ2) is 29.9. The summed E-state index contributed by atoms with van der Waals surface area (Å²) in [6.45, 7) is 4.49. The molecule has 1 amide bonds. The van der Waals surface area contributed by atoms with Crippen molar-refractivity contribution >= 4 is 12.2 Å². The summed E-state index contributed by atoms with van der Waals surface area (Å²) in [4.78, 5) is 20.3. The quantitative estimate of drug-likeness (QED) is 0.628. The molecule has 1 N–H and O–H groups in total. The lowest BCUT2D eigenvalue weighted by molar-refractivity contribution is -0.116. The Balaban J connectivity index is -0.0000000505. The molecule has 5 nitrogen and oxygen atoms in total. The molecular weight excluding hydrogens is 184 g/mol. The molecule has 14 heavy (non-hydrogen) atoms. The Bertz CT molecular complexity index is 147. The zero-order chi connectivity index (χ0) is 12.6. The highest BCUT2D eigenvalue weighted by Crippen LogP contribution is 1.52. The Labute approximate surface area is 85.9 Å². The van der Waals surface area contributed by atoms with Gasteiger partial charge in [-0.3, -0.25) is 4.79 Å². The number of rotatable bonds is 1. The third kappa shape index (κ3) is 2800. The van der Waals surface area contributed by atoms with E-state index in [1.165, 1.54) is 25.7 Å². The van der Waals surface area contributed by atoms with Gasteiger partial charge in [0.2, 0.25) is 6.41 Å². The van der Waals surface area contributed by atoms with Gasteiger partial charge < -0.3 is 14.8 Å². The molecule has 0 aromatic rings. The lowest BCUT2D eigenvalue weighted by Gasteiger charge is -1.93. The van der Waals surface area contributed by atoms with Gasteiger partial charge in [0, 0.05) is 28.1 Å². The van der Waals surface area contributed by atoms with Gasteiger partial charge in [-0.2, -0.15) is 5.26 Å². The normalized spacial score (nSPS) is 5.29. The number of amides is 1. The zero-order valence-corrected chi connectivity index (χ0v) is 9.74. The van der Waals surface area contributed by atoms with Crippen LogP contribution in [0.5, 0.6) is 0 Å². The predicted octanol–water partition coefficient (Wildman–Crippen LogP) is 0.438. The largest absolute Gasteiger partial charge is 0.400 e. The van der Waals surface area contributed by atoms with Crippen LogP contribution < -0.4 is 0 Å². The molecule has 0 unspecified atom stereocenters. The van der Waals surface area contributed by atoms with Gasteiger partial charge in [-0.1, -0.05) is 0 Å². The fraction of sp³-hybridized carbons (Fsp3) is 0.667. The Kier molecular flexibility index (Phi) is 49.0. The monoisotopic (exact) mass is 204 g/mol. The second-order valence-corrected chi connectivity index (χ2v) is 2.20. The molecule has 0 radical (unpaired) electrons. The molecular formula is C9H20N2O3. The SMILES string of the molecule is CC#N.CC(C)=O.CN(C)C=O.CO. The highest BCUT2D eigenvalue weighted by Gasteiger charge is 1.68. The van der Waals surface area contributed by atoms with Gasteiger partial charge >= 0.3 is 0 Å². The number of carbonyl (C=O) groups excluding carboxylic acids is 2. The Morgan fingerprint density at radius 3 is 1.43 bits per heavy atom. The van der Waals surface area contributed by atoms with Crippen molar-refractivity contribution in [2.75, 3.05) is 21.2 Å². The fourth-order valence-corrected chi connectivity index (χ4v) is 0. The summed E-state index contributed by atoms with van der Waals surface area (Å²) in [6, 6.07) is 1.75. The van der Waals surface area contributed by atoms with Crippen LogP contribution in [-0.2, 0) is 9.59 Å². The van der Waals surface area contributed by atoms with Crippen molar-refractivity contribution in [2.24, 2.45) is 0 Å². The van der Waals surface area contributed by atoms with Crippen LogP contribution in [-0.4, -0.2) is 43.4 Å². The number of aliphatic hydroxyl groups is 1. The maximum absolute atomic E-state index is 9.44. The van der Waals surface area contributed by atoms with Gasteiger partial charge in [-0.05, 0) is 13.8 Å². The molecule has 0 saturated carbocycles. The van der Waals surface area contributed by atoms with E-state index >= 15 is 0 Å². The molecule has 0 spiro atoms. The van der Waals surface area contributed by atoms with Crippen molar-refractivity contribution in [3.05, 3.63) is 0 Å². The molecule has 0 aromatic carbocycles. The van der Waals surface area contributed by atoms with Crippen LogP contribution in [0.3, 0.4) is 0 Å². The van der Waals surface area contributed by atoms with Crippen LogP contribution in [0.25, 0.3) is 0 Å². The summed E-state index contributed by atoms with van der Waals surface area (Å²) in [5, 5.41) is 14.3. The number of aliphatic hydroxyl groups excluding tert-OH is 1. The third-order valence-corrected chi connectivity index (χ3v) is 0.211. The molecule has 0 aromatic heterocycles. The van der Waals surface area contributed by atoms with Crippen LogP contribution in [0.2, 0.25) is 0 Å². The average molecular weight is 204 g/mol. The van der Waals surface area contributed by atoms with E-state index in [4.69, 9.17) is 10.4 Å². The van der Waals surface area contributed by atoms with Crippen LogP contribution in [0, 0.1) is 11.3 Å². The third-order valence-electron chi connectivity index (χ3n) is 0.211. The molecule has 0 aliphatic carbocycles. The summed E-state index contributed by atoms with van der Waals surface area (Å²) in [6.07, 6.45) is 0.750. The van der Waals surface area contributed by atoms with Gasteiger partial charge in [0.05, 0.1) is 6.07 Å². The van der Waals surface area contributed by atoms with E-state index in [2.05, 4.69) is 0 Å². The van der Waals surface area contributed by atoms with Gasteiger partial charge in [0.1, 0.15) is 5.78 Å². The highest BCUT2D eigenvalue weighted by atomic mass is 16.2. The first-order valence-electron chi connectivity index (χ1n) is 3.76. The number of Topliss-reactive ketones (excluding diaryl/α,β-unsaturated/α-hetero) is 1. The van der Waals surface area contributed by atoms with Crippen molar-refractivity contribution in [1.29, 1.82) is 5.26 Å². The standard InChI is InChI=1S/C3H7NO.C3H6O.C2H3N.CH4O/c1-4(2)3-5;1-3(2)4;1-2-3;1-2/h3H,1-2H3;1-2H3;1H3;2H,1H3. The molecule has 0 rings (SSSR count). The van der Waals surface area contributed by atoms with E-state index in [0.717, 1.165) is 13.5 Å². The maximum Gasteiger partial charge on any atom is 0.209 e. The highest BCUT2D eigenvalue weighted by molar-refractivity contribution is 5.72. The average Bonchev–Trinajstić information content (AvgIpc) is 2.08. The number of hydrogen-bond donors (Lipinski definition) is 1. The number of carbonyl (C=O) groups is 2. The van der Waals surface area contributed by atoms with Gasteiger partial charge in [-0.15, -0.1) is 0 Å². The summed E-state index contributed by atoms with van der Waals surface area (Å²) in [5.41, 5.74) is 0. The van der Waals surface area contributed by atoms with Crippen molar-refractivity contribution in [3.63, 3.8) is 0 Å². The molecule has 0 aliphatic heterocycles. The molecule has 0 fully saturated rings. The first kappa shape index (κ1) is 22.9. The molecule has 0 atom stereocenters. The second-order valence-electron chi connectivity index (χ2n) is 2.20. The summed E-state index contributed by atoms with van der Waals surface area (Å²) in [7, 11) is 4.38. The van der Waals surface area contributed by atoms with E-state index in [1.807, 2.05) is 0 Å². The number of nitriles is 1. The summed E-state index contributed by atoms with van der Waals surface area (Å²) in [5.74, 6) is 0.167. The van der Waals surface area contributed by atoms with Crippen molar-refractivity contribution in [1.82, 2.24) is 4.90 Å². The predicted molar refractivity (Wildman–Crippen MR) is 55.5 cm³/mol. The number of hydrogen-bond acceptors (Lipinski definition) is 4. The van der Waals surface area contributed by atoms with Crippen LogP contribution in [0.15, 0.2) is 0 Å². The van der Waals surface area contributed by atoms with Crippen LogP contribution >= 0.6 is 0 Å². The Morgan fingerprint density at radius 1 is 1.36 bits per heavy atom. The van der Waals surface area contributed by atoms with Crippen LogP contribution in [0.4, 0.5) is 0 Å². The van der Waals surface area contributed by atoms with E-state index in [9.17, 15) is 9.59 Å². The number of nitrogens with zero attached hydrogens (tertiary/aromatic N) is 2. The van der Waals surface area contributed by atoms with Gasteiger partial charge in [0.25, 0.3) is 0 Å². The van der Waals surface area contributed by atoms with Crippen molar-refractivity contribution in [3.8, 4) is 6.07 Å². The molecule has 0 aliphatic rings. The maximum atomic E-state index is 9.44. The van der Waals surface area contributed by atoms with Gasteiger partial charge in [0.15, 0.2) is 0 Å². The lowest BCUT2D eigenvalue weighted by Crippen LogP contribution is -2.06. The Morgan fingerprint density at radius 2 is 1.43 bits per heavy atom. The first-order valence-corrected chi connectivity index (χ1v) is 3.76. The zero-order valence-electron chi connectivity index (χ0n) is 9.74. The molecule has 5 heteroatoms. The smallest absolute Gasteiger partial charge is 0.209 e. The van der Waals surface area contributed by atoms with E-state index in [-0.39, 0.29) is 5.78 Å². The number of ketones is 1. The lowest BCUT2D eigenvalue weighted by atomic mass is 10.6. The molecule has 84 valence electrons.